The molecule has 0 aromatic heterocycles. The summed E-state index contributed by atoms with van der Waals surface area (Å²) in [4.78, 5) is 13.3. The zero-order valence-corrected chi connectivity index (χ0v) is 11.7. The molecule has 0 saturated carbocycles. The maximum Gasteiger partial charge on any atom is 0.222 e. The molecule has 1 aliphatic rings. The number of rotatable bonds is 5. The van der Waals surface area contributed by atoms with Gasteiger partial charge in [0.25, 0.3) is 0 Å². The van der Waals surface area contributed by atoms with Gasteiger partial charge in [-0.3, -0.25) is 4.79 Å². The first-order valence-corrected chi connectivity index (χ1v) is 6.92. The van der Waals surface area contributed by atoms with Gasteiger partial charge in [0.2, 0.25) is 5.91 Å². The highest BCUT2D eigenvalue weighted by Crippen LogP contribution is 2.20. The van der Waals surface area contributed by atoms with Gasteiger partial charge in [0.05, 0.1) is 5.02 Å². The number of amides is 1. The maximum absolute atomic E-state index is 13.1. The number of carbonyl (C=O) groups excluding carboxylic acids is 1. The maximum atomic E-state index is 13.1. The standard InChI is InChI=1S/C14H18ClFN2O/c1-10(11-4-5-13(16)12(15)9-11)17-6-8-18-7-2-3-14(18)19/h4-5,9-10,17H,2-3,6-8H2,1H3. The van der Waals surface area contributed by atoms with Crippen molar-refractivity contribution in [3.8, 4) is 0 Å². The quantitative estimate of drug-likeness (QED) is 0.902. The van der Waals surface area contributed by atoms with Crippen LogP contribution in [0.15, 0.2) is 18.2 Å². The average Bonchev–Trinajstić information content (AvgIpc) is 2.78. The van der Waals surface area contributed by atoms with Crippen LogP contribution in [0.4, 0.5) is 4.39 Å². The lowest BCUT2D eigenvalue weighted by atomic mass is 10.1. The van der Waals surface area contributed by atoms with E-state index in [1.807, 2.05) is 11.8 Å². The second kappa shape index (κ2) is 6.35. The summed E-state index contributed by atoms with van der Waals surface area (Å²) in [5, 5.41) is 3.46. The van der Waals surface area contributed by atoms with Crippen LogP contribution in [0.25, 0.3) is 0 Å². The monoisotopic (exact) mass is 284 g/mol. The Labute approximate surface area is 117 Å². The molecule has 1 N–H and O–H groups in total. The number of nitrogens with zero attached hydrogens (tertiary/aromatic N) is 1. The van der Waals surface area contributed by atoms with E-state index in [1.54, 1.807) is 12.1 Å². The molecule has 0 aliphatic carbocycles. The van der Waals surface area contributed by atoms with Crippen LogP contribution in [0.2, 0.25) is 5.02 Å². The number of likely N-dealkylation sites (tertiary alicyclic amines) is 1. The lowest BCUT2D eigenvalue weighted by Crippen LogP contribution is -2.33. The minimum atomic E-state index is -0.403. The van der Waals surface area contributed by atoms with Gasteiger partial charge < -0.3 is 10.2 Å². The van der Waals surface area contributed by atoms with Gasteiger partial charge in [0, 0.05) is 32.1 Å². The largest absolute Gasteiger partial charge is 0.341 e. The Kier molecular flexibility index (Phi) is 4.77. The van der Waals surface area contributed by atoms with Crippen molar-refractivity contribution >= 4 is 17.5 Å². The van der Waals surface area contributed by atoms with Crippen LogP contribution in [-0.2, 0) is 4.79 Å². The van der Waals surface area contributed by atoms with Crippen molar-refractivity contribution in [3.05, 3.63) is 34.6 Å². The Morgan fingerprint density at radius 2 is 2.32 bits per heavy atom. The molecule has 2 rings (SSSR count). The summed E-state index contributed by atoms with van der Waals surface area (Å²) >= 11 is 5.76. The average molecular weight is 285 g/mol. The molecule has 3 nitrogen and oxygen atoms in total. The minimum absolute atomic E-state index is 0.0794. The van der Waals surface area contributed by atoms with E-state index in [0.717, 1.165) is 31.6 Å². The Bertz CT molecular complexity index is 467. The molecule has 104 valence electrons. The molecule has 0 spiro atoms. The number of benzene rings is 1. The van der Waals surface area contributed by atoms with Gasteiger partial charge in [-0.25, -0.2) is 4.39 Å². The lowest BCUT2D eigenvalue weighted by molar-refractivity contribution is -0.127. The summed E-state index contributed by atoms with van der Waals surface area (Å²) in [5.74, 6) is -0.167. The van der Waals surface area contributed by atoms with E-state index < -0.39 is 5.82 Å². The number of hydrogen-bond acceptors (Lipinski definition) is 2. The SMILES string of the molecule is CC(NCCN1CCCC1=O)c1ccc(F)c(Cl)c1. The van der Waals surface area contributed by atoms with Crippen molar-refractivity contribution in [1.29, 1.82) is 0 Å². The molecule has 1 amide bonds. The molecule has 1 aromatic carbocycles. The van der Waals surface area contributed by atoms with Gasteiger partial charge in [0.1, 0.15) is 5.82 Å². The van der Waals surface area contributed by atoms with Crippen molar-refractivity contribution in [3.63, 3.8) is 0 Å². The molecule has 1 atom stereocenters. The summed E-state index contributed by atoms with van der Waals surface area (Å²) in [6.45, 7) is 4.30. The van der Waals surface area contributed by atoms with E-state index in [-0.39, 0.29) is 17.0 Å². The van der Waals surface area contributed by atoms with Crippen LogP contribution >= 0.6 is 11.6 Å². The Hall–Kier alpha value is -1.13. The third-order valence-electron chi connectivity index (χ3n) is 3.45. The van der Waals surface area contributed by atoms with Crippen molar-refractivity contribution < 1.29 is 9.18 Å². The molecule has 1 saturated heterocycles. The van der Waals surface area contributed by atoms with Crippen molar-refractivity contribution in [2.24, 2.45) is 0 Å². The molecular formula is C14H18ClFN2O. The first-order chi connectivity index (χ1) is 9.08. The zero-order chi connectivity index (χ0) is 13.8. The summed E-state index contributed by atoms with van der Waals surface area (Å²) in [6, 6.07) is 4.81. The highest BCUT2D eigenvalue weighted by Gasteiger charge is 2.19. The van der Waals surface area contributed by atoms with Gasteiger partial charge in [0.15, 0.2) is 0 Å². The van der Waals surface area contributed by atoms with E-state index in [4.69, 9.17) is 11.6 Å². The number of carbonyl (C=O) groups is 1. The predicted molar refractivity (Wildman–Crippen MR) is 73.6 cm³/mol. The highest BCUT2D eigenvalue weighted by molar-refractivity contribution is 6.30. The fourth-order valence-corrected chi connectivity index (χ4v) is 2.45. The van der Waals surface area contributed by atoms with E-state index in [0.29, 0.717) is 6.42 Å². The Morgan fingerprint density at radius 1 is 1.53 bits per heavy atom. The van der Waals surface area contributed by atoms with E-state index in [9.17, 15) is 9.18 Å². The third kappa shape index (κ3) is 3.67. The molecule has 1 aliphatic heterocycles. The molecule has 1 aromatic rings. The summed E-state index contributed by atoms with van der Waals surface area (Å²) in [6.07, 6.45) is 1.63. The van der Waals surface area contributed by atoms with Crippen molar-refractivity contribution in [2.75, 3.05) is 19.6 Å². The van der Waals surface area contributed by atoms with Gasteiger partial charge >= 0.3 is 0 Å². The van der Waals surface area contributed by atoms with E-state index >= 15 is 0 Å². The first-order valence-electron chi connectivity index (χ1n) is 6.54. The molecule has 1 unspecified atom stereocenters. The lowest BCUT2D eigenvalue weighted by Gasteiger charge is -2.19. The summed E-state index contributed by atoms with van der Waals surface area (Å²) in [5.41, 5.74) is 0.944. The van der Waals surface area contributed by atoms with Gasteiger partial charge in [-0.1, -0.05) is 17.7 Å². The normalized spacial score (nSPS) is 17.0. The molecule has 0 bridgehead atoms. The van der Waals surface area contributed by atoms with E-state index in [2.05, 4.69) is 5.32 Å². The van der Waals surface area contributed by atoms with Crippen LogP contribution in [0.5, 0.6) is 0 Å². The Balaban J connectivity index is 1.82. The minimum Gasteiger partial charge on any atom is -0.341 e. The number of halogens is 2. The summed E-state index contributed by atoms with van der Waals surface area (Å²) in [7, 11) is 0. The molecule has 1 heterocycles. The van der Waals surface area contributed by atoms with Crippen LogP contribution < -0.4 is 5.32 Å². The fraction of sp³-hybridized carbons (Fsp3) is 0.500. The van der Waals surface area contributed by atoms with Crippen molar-refractivity contribution in [2.45, 2.75) is 25.8 Å². The number of nitrogens with one attached hydrogen (secondary N) is 1. The first kappa shape index (κ1) is 14.3. The van der Waals surface area contributed by atoms with Gasteiger partial charge in [-0.05, 0) is 31.0 Å². The molecule has 0 radical (unpaired) electrons. The van der Waals surface area contributed by atoms with Crippen LogP contribution in [0.3, 0.4) is 0 Å². The smallest absolute Gasteiger partial charge is 0.222 e. The Morgan fingerprint density at radius 3 is 2.95 bits per heavy atom. The second-order valence-electron chi connectivity index (χ2n) is 4.83. The highest BCUT2D eigenvalue weighted by atomic mass is 35.5. The van der Waals surface area contributed by atoms with Crippen LogP contribution in [0, 0.1) is 5.82 Å². The summed E-state index contributed by atoms with van der Waals surface area (Å²) < 4.78 is 13.1. The fourth-order valence-electron chi connectivity index (χ4n) is 2.26. The molecule has 19 heavy (non-hydrogen) atoms. The van der Waals surface area contributed by atoms with Gasteiger partial charge in [-0.15, -0.1) is 0 Å². The second-order valence-corrected chi connectivity index (χ2v) is 5.24. The van der Waals surface area contributed by atoms with Crippen LogP contribution in [-0.4, -0.2) is 30.4 Å². The topological polar surface area (TPSA) is 32.3 Å². The molecular weight excluding hydrogens is 267 g/mol. The van der Waals surface area contributed by atoms with Crippen molar-refractivity contribution in [1.82, 2.24) is 10.2 Å². The number of hydrogen-bond donors (Lipinski definition) is 1. The zero-order valence-electron chi connectivity index (χ0n) is 11.0. The third-order valence-corrected chi connectivity index (χ3v) is 3.74. The van der Waals surface area contributed by atoms with E-state index in [1.165, 1.54) is 6.07 Å². The molecule has 5 heteroatoms. The predicted octanol–water partition coefficient (Wildman–Crippen LogP) is 2.75. The van der Waals surface area contributed by atoms with Gasteiger partial charge in [-0.2, -0.15) is 0 Å². The van der Waals surface area contributed by atoms with Crippen LogP contribution in [0.1, 0.15) is 31.4 Å². The molecule has 1 fully saturated rings.